The molecule has 0 spiro atoms. The SMILES string of the molecule is Cn1ccnc1C(NC(=O)c1nn(-c2ccccc2)c2c1CCC2)c1ccccc1. The third-order valence-electron chi connectivity index (χ3n) is 5.67. The fraction of sp³-hybridized carbons (Fsp3) is 0.208. The lowest BCUT2D eigenvalue weighted by atomic mass is 10.1. The summed E-state index contributed by atoms with van der Waals surface area (Å²) in [6, 6.07) is 19.6. The van der Waals surface area contributed by atoms with Gasteiger partial charge in [-0.05, 0) is 37.0 Å². The molecule has 0 saturated carbocycles. The van der Waals surface area contributed by atoms with Crippen molar-refractivity contribution in [2.45, 2.75) is 25.3 Å². The number of carbonyl (C=O) groups is 1. The summed E-state index contributed by atoms with van der Waals surface area (Å²) in [7, 11) is 1.94. The van der Waals surface area contributed by atoms with Crippen LogP contribution in [-0.4, -0.2) is 25.2 Å². The van der Waals surface area contributed by atoms with E-state index < -0.39 is 0 Å². The number of para-hydroxylation sites is 1. The van der Waals surface area contributed by atoms with E-state index in [2.05, 4.69) is 10.3 Å². The Bertz CT molecular complexity index is 1180. The van der Waals surface area contributed by atoms with Crippen molar-refractivity contribution in [3.63, 3.8) is 0 Å². The number of nitrogens with zero attached hydrogens (tertiary/aromatic N) is 4. The van der Waals surface area contributed by atoms with Gasteiger partial charge < -0.3 is 9.88 Å². The molecule has 2 heterocycles. The summed E-state index contributed by atoms with van der Waals surface area (Å²) in [5, 5.41) is 7.92. The Morgan fingerprint density at radius 3 is 2.47 bits per heavy atom. The largest absolute Gasteiger partial charge is 0.337 e. The maximum atomic E-state index is 13.4. The molecule has 0 saturated heterocycles. The monoisotopic (exact) mass is 397 g/mol. The summed E-state index contributed by atoms with van der Waals surface area (Å²) < 4.78 is 3.86. The van der Waals surface area contributed by atoms with Gasteiger partial charge in [0.05, 0.1) is 5.69 Å². The highest BCUT2D eigenvalue weighted by Crippen LogP contribution is 2.29. The lowest BCUT2D eigenvalue weighted by molar-refractivity contribution is 0.0934. The molecule has 1 N–H and O–H groups in total. The van der Waals surface area contributed by atoms with Crippen molar-refractivity contribution in [2.24, 2.45) is 7.05 Å². The van der Waals surface area contributed by atoms with Gasteiger partial charge in [-0.1, -0.05) is 48.5 Å². The molecule has 150 valence electrons. The van der Waals surface area contributed by atoms with Crippen LogP contribution in [0.5, 0.6) is 0 Å². The topological polar surface area (TPSA) is 64.7 Å². The second kappa shape index (κ2) is 7.63. The molecular weight excluding hydrogens is 374 g/mol. The maximum Gasteiger partial charge on any atom is 0.272 e. The number of benzene rings is 2. The Balaban J connectivity index is 1.52. The molecule has 0 bridgehead atoms. The summed E-state index contributed by atoms with van der Waals surface area (Å²) in [4.78, 5) is 17.9. The van der Waals surface area contributed by atoms with Gasteiger partial charge in [-0.2, -0.15) is 5.10 Å². The number of carbonyl (C=O) groups excluding carboxylic acids is 1. The molecule has 1 unspecified atom stereocenters. The number of amides is 1. The van der Waals surface area contributed by atoms with Crippen molar-refractivity contribution in [3.8, 4) is 5.69 Å². The number of hydrogen-bond donors (Lipinski definition) is 1. The third kappa shape index (κ3) is 3.20. The van der Waals surface area contributed by atoms with Gasteiger partial charge in [-0.25, -0.2) is 9.67 Å². The van der Waals surface area contributed by atoms with E-state index in [-0.39, 0.29) is 11.9 Å². The molecule has 1 atom stereocenters. The van der Waals surface area contributed by atoms with Crippen molar-refractivity contribution in [3.05, 3.63) is 101 Å². The van der Waals surface area contributed by atoms with Crippen molar-refractivity contribution >= 4 is 5.91 Å². The predicted molar refractivity (Wildman–Crippen MR) is 115 cm³/mol. The first-order valence-electron chi connectivity index (χ1n) is 10.2. The van der Waals surface area contributed by atoms with Crippen LogP contribution in [0.1, 0.15) is 45.6 Å². The van der Waals surface area contributed by atoms with Crippen LogP contribution in [0.3, 0.4) is 0 Å². The van der Waals surface area contributed by atoms with Crippen LogP contribution in [0.15, 0.2) is 73.1 Å². The first-order valence-corrected chi connectivity index (χ1v) is 10.2. The Morgan fingerprint density at radius 2 is 1.77 bits per heavy atom. The van der Waals surface area contributed by atoms with Crippen LogP contribution in [-0.2, 0) is 19.9 Å². The standard InChI is InChI=1S/C24H23N5O/c1-28-16-15-25-23(28)21(17-9-4-2-5-10-17)26-24(30)22-19-13-8-14-20(19)29(27-22)18-11-6-3-7-12-18/h2-7,9-12,15-16,21H,8,13-14H2,1H3,(H,26,30). The van der Waals surface area contributed by atoms with Gasteiger partial charge in [0.2, 0.25) is 0 Å². The highest BCUT2D eigenvalue weighted by atomic mass is 16.2. The van der Waals surface area contributed by atoms with Gasteiger partial charge >= 0.3 is 0 Å². The maximum absolute atomic E-state index is 13.4. The molecule has 0 aliphatic heterocycles. The van der Waals surface area contributed by atoms with Gasteiger partial charge in [0.15, 0.2) is 5.69 Å². The number of aromatic nitrogens is 4. The zero-order valence-electron chi connectivity index (χ0n) is 16.8. The van der Waals surface area contributed by atoms with E-state index >= 15 is 0 Å². The molecule has 0 fully saturated rings. The van der Waals surface area contributed by atoms with E-state index in [0.29, 0.717) is 5.69 Å². The van der Waals surface area contributed by atoms with E-state index in [9.17, 15) is 4.79 Å². The molecule has 0 radical (unpaired) electrons. The second-order valence-corrected chi connectivity index (χ2v) is 7.59. The smallest absolute Gasteiger partial charge is 0.272 e. The number of nitrogens with one attached hydrogen (secondary N) is 1. The molecule has 6 nitrogen and oxygen atoms in total. The molecular formula is C24H23N5O. The normalized spacial score (nSPS) is 13.8. The second-order valence-electron chi connectivity index (χ2n) is 7.59. The molecule has 1 aliphatic rings. The number of rotatable bonds is 5. The van der Waals surface area contributed by atoms with Crippen LogP contribution >= 0.6 is 0 Å². The van der Waals surface area contributed by atoms with Gasteiger partial charge in [0, 0.05) is 30.7 Å². The fourth-order valence-corrected chi connectivity index (χ4v) is 4.20. The third-order valence-corrected chi connectivity index (χ3v) is 5.67. The zero-order valence-corrected chi connectivity index (χ0v) is 16.8. The number of fused-ring (bicyclic) bond motifs is 1. The number of imidazole rings is 1. The van der Waals surface area contributed by atoms with Crippen molar-refractivity contribution < 1.29 is 4.79 Å². The first-order chi connectivity index (χ1) is 14.7. The number of aryl methyl sites for hydroxylation is 1. The van der Waals surface area contributed by atoms with E-state index in [1.165, 1.54) is 0 Å². The fourth-order valence-electron chi connectivity index (χ4n) is 4.20. The van der Waals surface area contributed by atoms with Gasteiger partial charge in [0.25, 0.3) is 5.91 Å². The molecule has 6 heteroatoms. The van der Waals surface area contributed by atoms with Crippen molar-refractivity contribution in [2.75, 3.05) is 0 Å². The molecule has 1 amide bonds. The van der Waals surface area contributed by atoms with Crippen molar-refractivity contribution in [1.29, 1.82) is 0 Å². The molecule has 4 aromatic rings. The van der Waals surface area contributed by atoms with E-state index in [1.54, 1.807) is 6.20 Å². The van der Waals surface area contributed by atoms with Crippen molar-refractivity contribution in [1.82, 2.24) is 24.6 Å². The quantitative estimate of drug-likeness (QED) is 0.559. The van der Waals surface area contributed by atoms with Crippen LogP contribution in [0.25, 0.3) is 5.69 Å². The van der Waals surface area contributed by atoms with Crippen LogP contribution in [0.4, 0.5) is 0 Å². The Hall–Kier alpha value is -3.67. The molecule has 30 heavy (non-hydrogen) atoms. The van der Waals surface area contributed by atoms with Gasteiger partial charge in [-0.3, -0.25) is 4.79 Å². The molecule has 2 aromatic carbocycles. The van der Waals surface area contributed by atoms with Crippen LogP contribution < -0.4 is 5.32 Å². The van der Waals surface area contributed by atoms with Gasteiger partial charge in [-0.15, -0.1) is 0 Å². The molecule has 2 aromatic heterocycles. The molecule has 1 aliphatic carbocycles. The minimum absolute atomic E-state index is 0.167. The average molecular weight is 397 g/mol. The highest BCUT2D eigenvalue weighted by Gasteiger charge is 2.29. The van der Waals surface area contributed by atoms with Crippen LogP contribution in [0, 0.1) is 0 Å². The van der Waals surface area contributed by atoms with E-state index in [0.717, 1.165) is 47.6 Å². The predicted octanol–water partition coefficient (Wildman–Crippen LogP) is 3.61. The summed E-state index contributed by atoms with van der Waals surface area (Å²) in [6.45, 7) is 0. The highest BCUT2D eigenvalue weighted by molar-refractivity contribution is 5.94. The van der Waals surface area contributed by atoms with E-state index in [1.807, 2.05) is 83.2 Å². The molecule has 5 rings (SSSR count). The van der Waals surface area contributed by atoms with E-state index in [4.69, 9.17) is 5.10 Å². The Kier molecular flexibility index (Phi) is 4.67. The summed E-state index contributed by atoms with van der Waals surface area (Å²) in [5.41, 5.74) is 4.68. The lowest BCUT2D eigenvalue weighted by Crippen LogP contribution is -2.32. The average Bonchev–Trinajstić information content (AvgIpc) is 3.50. The Labute approximate surface area is 175 Å². The minimum Gasteiger partial charge on any atom is -0.337 e. The summed E-state index contributed by atoms with van der Waals surface area (Å²) >= 11 is 0. The summed E-state index contributed by atoms with van der Waals surface area (Å²) in [5.74, 6) is 0.619. The Morgan fingerprint density at radius 1 is 1.03 bits per heavy atom. The lowest BCUT2D eigenvalue weighted by Gasteiger charge is -2.19. The summed E-state index contributed by atoms with van der Waals surface area (Å²) in [6.07, 6.45) is 6.50. The first kappa shape index (κ1) is 18.4. The minimum atomic E-state index is -0.349. The number of hydrogen-bond acceptors (Lipinski definition) is 3. The zero-order chi connectivity index (χ0) is 20.5. The van der Waals surface area contributed by atoms with Gasteiger partial charge in [0.1, 0.15) is 11.9 Å². The van der Waals surface area contributed by atoms with Crippen LogP contribution in [0.2, 0.25) is 0 Å².